The number of fused-ring (bicyclic) bond motifs is 1. The Kier molecular flexibility index (Phi) is 6.34. The minimum Gasteiger partial charge on any atom is -0.492 e. The van der Waals surface area contributed by atoms with Crippen molar-refractivity contribution in [3.8, 4) is 5.75 Å². The van der Waals surface area contributed by atoms with Gasteiger partial charge in [-0.25, -0.2) is 4.79 Å². The molecule has 0 spiro atoms. The van der Waals surface area contributed by atoms with Crippen molar-refractivity contribution in [2.45, 2.75) is 25.8 Å². The lowest BCUT2D eigenvalue weighted by Crippen LogP contribution is -2.50. The van der Waals surface area contributed by atoms with Crippen molar-refractivity contribution in [1.29, 1.82) is 5.41 Å². The van der Waals surface area contributed by atoms with Crippen LogP contribution in [0.1, 0.15) is 24.0 Å². The summed E-state index contributed by atoms with van der Waals surface area (Å²) in [6.45, 7) is 1.90. The summed E-state index contributed by atoms with van der Waals surface area (Å²) in [6, 6.07) is 8.95. The zero-order chi connectivity index (χ0) is 23.4. The Balaban J connectivity index is 1.37. The molecule has 0 atom stereocenters. The number of urea groups is 1. The largest absolute Gasteiger partial charge is 0.492 e. The third kappa shape index (κ3) is 5.00. The van der Waals surface area contributed by atoms with Crippen LogP contribution in [0, 0.1) is 10.8 Å². The maximum Gasteiger partial charge on any atom is 0.321 e. The molecule has 2 aliphatic heterocycles. The van der Waals surface area contributed by atoms with Gasteiger partial charge in [-0.05, 0) is 54.7 Å². The lowest BCUT2D eigenvalue weighted by Gasteiger charge is -2.38. The van der Waals surface area contributed by atoms with Crippen LogP contribution < -0.4 is 15.8 Å². The fourth-order valence-electron chi connectivity index (χ4n) is 4.25. The molecule has 174 valence electrons. The quantitative estimate of drug-likeness (QED) is 0.402. The zero-order valence-electron chi connectivity index (χ0n) is 18.3. The Labute approximate surface area is 191 Å². The van der Waals surface area contributed by atoms with Gasteiger partial charge >= 0.3 is 12.0 Å². The molecule has 2 amide bonds. The molecular formula is C23H28N6O4. The lowest BCUT2D eigenvalue weighted by atomic mass is 9.79. The number of piperidine rings is 1. The fourth-order valence-corrected chi connectivity index (χ4v) is 4.25. The number of amides is 2. The summed E-state index contributed by atoms with van der Waals surface area (Å²) in [5.41, 5.74) is 7.36. The summed E-state index contributed by atoms with van der Waals surface area (Å²) >= 11 is 0. The number of guanidine groups is 1. The number of aromatic nitrogens is 1. The van der Waals surface area contributed by atoms with Crippen molar-refractivity contribution in [2.75, 3.05) is 31.6 Å². The van der Waals surface area contributed by atoms with E-state index in [9.17, 15) is 14.7 Å². The number of ether oxygens (including phenoxy) is 1. The number of carbonyl (C=O) groups excluding carboxylic acids is 1. The number of carbonyl (C=O) groups is 2. The molecule has 0 radical (unpaired) electrons. The molecule has 0 bridgehead atoms. The first-order valence-corrected chi connectivity index (χ1v) is 10.9. The van der Waals surface area contributed by atoms with Crippen LogP contribution in [0.4, 0.5) is 10.5 Å². The number of nitrogens with zero attached hydrogens (tertiary/aromatic N) is 3. The number of aliphatic carboxylic acids is 1. The second kappa shape index (κ2) is 9.35. The van der Waals surface area contributed by atoms with Crippen LogP contribution in [-0.4, -0.2) is 64.1 Å². The summed E-state index contributed by atoms with van der Waals surface area (Å²) in [7, 11) is 0. The van der Waals surface area contributed by atoms with E-state index in [2.05, 4.69) is 10.3 Å². The number of nitrogens with one attached hydrogen (secondary N) is 2. The molecule has 1 saturated heterocycles. The Bertz CT molecular complexity index is 1040. The van der Waals surface area contributed by atoms with Crippen LogP contribution in [0.15, 0.2) is 42.7 Å². The molecule has 3 heterocycles. The molecule has 33 heavy (non-hydrogen) atoms. The third-order valence-corrected chi connectivity index (χ3v) is 6.42. The van der Waals surface area contributed by atoms with E-state index in [-0.39, 0.29) is 18.6 Å². The number of carboxylic acid groups (broad SMARTS) is 1. The van der Waals surface area contributed by atoms with Crippen LogP contribution in [-0.2, 0) is 17.8 Å². The summed E-state index contributed by atoms with van der Waals surface area (Å²) in [6.07, 6.45) is 4.58. The van der Waals surface area contributed by atoms with E-state index in [1.54, 1.807) is 34.3 Å². The van der Waals surface area contributed by atoms with Crippen LogP contribution >= 0.6 is 0 Å². The highest BCUT2D eigenvalue weighted by Crippen LogP contribution is 2.34. The summed E-state index contributed by atoms with van der Waals surface area (Å²) < 4.78 is 5.95. The number of anilines is 1. The van der Waals surface area contributed by atoms with Gasteiger partial charge in [0, 0.05) is 32.4 Å². The molecule has 0 saturated carbocycles. The number of hydrogen-bond acceptors (Lipinski definition) is 5. The minimum absolute atomic E-state index is 0.0234. The third-order valence-electron chi connectivity index (χ3n) is 6.42. The van der Waals surface area contributed by atoms with Gasteiger partial charge in [-0.1, -0.05) is 6.07 Å². The Morgan fingerprint density at radius 2 is 1.97 bits per heavy atom. The SMILES string of the molecule is N=C(N)N1CCc2ccc(OCC3(C(=O)O)CCN(C(=O)Nc4cccnc4)CC3)cc2C1. The number of carboxylic acids is 1. The van der Waals surface area contributed by atoms with Crippen LogP contribution in [0.3, 0.4) is 0 Å². The van der Waals surface area contributed by atoms with Gasteiger partial charge < -0.3 is 30.7 Å². The Morgan fingerprint density at radius 3 is 2.64 bits per heavy atom. The van der Waals surface area contributed by atoms with Gasteiger partial charge in [0.05, 0.1) is 11.9 Å². The van der Waals surface area contributed by atoms with Crippen LogP contribution in [0.5, 0.6) is 5.75 Å². The van der Waals surface area contributed by atoms with Crippen molar-refractivity contribution in [3.63, 3.8) is 0 Å². The standard InChI is InChI=1S/C23H28N6O4/c24-21(25)29-9-5-16-3-4-19(12-17(16)14-29)33-15-23(20(30)31)6-10-28(11-7-23)22(32)27-18-2-1-8-26-13-18/h1-4,8,12-13H,5-7,9-11,14-15H2,(H3,24,25)(H,27,32)(H,30,31). The summed E-state index contributed by atoms with van der Waals surface area (Å²) in [5, 5.41) is 20.4. The number of pyridine rings is 1. The van der Waals surface area contributed by atoms with Crippen molar-refractivity contribution in [1.82, 2.24) is 14.8 Å². The molecule has 1 fully saturated rings. The molecule has 1 aromatic heterocycles. The number of rotatable bonds is 5. The fraction of sp³-hybridized carbons (Fsp3) is 0.391. The Hall–Kier alpha value is -3.82. The average Bonchev–Trinajstić information content (AvgIpc) is 2.83. The molecule has 10 heteroatoms. The van der Waals surface area contributed by atoms with E-state index in [0.29, 0.717) is 50.5 Å². The molecule has 5 N–H and O–H groups in total. The number of nitrogens with two attached hydrogens (primary N) is 1. The predicted octanol–water partition coefficient (Wildman–Crippen LogP) is 2.11. The first-order valence-electron chi connectivity index (χ1n) is 10.9. The zero-order valence-corrected chi connectivity index (χ0v) is 18.3. The highest BCUT2D eigenvalue weighted by atomic mass is 16.5. The number of hydrogen-bond donors (Lipinski definition) is 4. The summed E-state index contributed by atoms with van der Waals surface area (Å²) in [5.74, 6) is -0.289. The molecule has 0 unspecified atom stereocenters. The van der Waals surface area contributed by atoms with Crippen molar-refractivity contribution >= 4 is 23.6 Å². The normalized spacial score (nSPS) is 17.1. The van der Waals surface area contributed by atoms with Gasteiger partial charge in [0.1, 0.15) is 17.8 Å². The van der Waals surface area contributed by atoms with E-state index in [0.717, 1.165) is 12.0 Å². The van der Waals surface area contributed by atoms with Gasteiger partial charge in [0.15, 0.2) is 5.96 Å². The van der Waals surface area contributed by atoms with Crippen LogP contribution in [0.25, 0.3) is 0 Å². The monoisotopic (exact) mass is 452 g/mol. The van der Waals surface area contributed by atoms with E-state index in [1.165, 1.54) is 5.56 Å². The van der Waals surface area contributed by atoms with Gasteiger partial charge in [-0.3, -0.25) is 15.2 Å². The van der Waals surface area contributed by atoms with E-state index < -0.39 is 11.4 Å². The molecule has 1 aromatic carbocycles. The maximum atomic E-state index is 12.5. The predicted molar refractivity (Wildman–Crippen MR) is 122 cm³/mol. The second-order valence-electron chi connectivity index (χ2n) is 8.52. The van der Waals surface area contributed by atoms with Crippen molar-refractivity contribution in [3.05, 3.63) is 53.9 Å². The van der Waals surface area contributed by atoms with E-state index in [1.807, 2.05) is 18.2 Å². The van der Waals surface area contributed by atoms with Gasteiger partial charge in [-0.15, -0.1) is 0 Å². The first kappa shape index (κ1) is 22.4. The van der Waals surface area contributed by atoms with Crippen LogP contribution in [0.2, 0.25) is 0 Å². The molecule has 4 rings (SSSR count). The van der Waals surface area contributed by atoms with E-state index >= 15 is 0 Å². The smallest absolute Gasteiger partial charge is 0.321 e. The lowest BCUT2D eigenvalue weighted by molar-refractivity contribution is -0.154. The highest BCUT2D eigenvalue weighted by molar-refractivity contribution is 5.89. The maximum absolute atomic E-state index is 12.5. The topological polar surface area (TPSA) is 145 Å². The molecule has 0 aliphatic carbocycles. The van der Waals surface area contributed by atoms with Crippen molar-refractivity contribution in [2.24, 2.45) is 11.1 Å². The Morgan fingerprint density at radius 1 is 1.18 bits per heavy atom. The minimum atomic E-state index is -1.06. The highest BCUT2D eigenvalue weighted by Gasteiger charge is 2.43. The average molecular weight is 453 g/mol. The second-order valence-corrected chi connectivity index (χ2v) is 8.52. The molecule has 2 aliphatic rings. The van der Waals surface area contributed by atoms with Crippen molar-refractivity contribution < 1.29 is 19.4 Å². The number of likely N-dealkylation sites (tertiary alicyclic amines) is 1. The first-order chi connectivity index (χ1) is 15.9. The molecule has 10 nitrogen and oxygen atoms in total. The van der Waals surface area contributed by atoms with E-state index in [4.69, 9.17) is 15.9 Å². The number of benzene rings is 1. The van der Waals surface area contributed by atoms with Gasteiger partial charge in [-0.2, -0.15) is 0 Å². The van der Waals surface area contributed by atoms with Gasteiger partial charge in [0.2, 0.25) is 0 Å². The summed E-state index contributed by atoms with van der Waals surface area (Å²) in [4.78, 5) is 32.1. The molecular weight excluding hydrogens is 424 g/mol. The van der Waals surface area contributed by atoms with Gasteiger partial charge in [0.25, 0.3) is 0 Å². The molecule has 2 aromatic rings.